The Labute approximate surface area is 136 Å². The molecule has 0 aliphatic carbocycles. The molecular weight excluding hydrogens is 312 g/mol. The molecule has 0 saturated carbocycles. The Hall–Kier alpha value is 0.440. The molecule has 1 nitrogen and oxygen atoms in total. The molecule has 0 aromatic heterocycles. The number of hydrogen-bond acceptors (Lipinski definition) is 1. The molecule has 0 bridgehead atoms. The topological polar surface area (TPSA) is 20.2 Å². The van der Waals surface area contributed by atoms with Gasteiger partial charge in [-0.05, 0) is 12.8 Å². The van der Waals surface area contributed by atoms with Gasteiger partial charge >= 0.3 is 0 Å². The van der Waals surface area contributed by atoms with Gasteiger partial charge in [0.25, 0.3) is 0 Å². The second-order valence-electron chi connectivity index (χ2n) is 6.20. The highest BCUT2D eigenvalue weighted by Gasteiger charge is 2.14. The molecule has 0 heterocycles. The second-order valence-corrected chi connectivity index (χ2v) is 7.37. The first-order valence-electron chi connectivity index (χ1n) is 9.04. The molecule has 2 heteroatoms. The van der Waals surface area contributed by atoms with Crippen LogP contribution in [0, 0.1) is 0 Å². The molecule has 0 aliphatic rings. The number of rotatable bonds is 15. The van der Waals surface area contributed by atoms with E-state index in [-0.39, 0.29) is 6.10 Å². The van der Waals surface area contributed by atoms with Gasteiger partial charge < -0.3 is 5.11 Å². The lowest BCUT2D eigenvalue weighted by atomic mass is 10.0. The smallest absolute Gasteiger partial charge is 0.0665 e. The Morgan fingerprint density at radius 1 is 0.650 bits per heavy atom. The predicted octanol–water partition coefficient (Wildman–Crippen LogP) is 6.61. The van der Waals surface area contributed by atoms with E-state index in [1.54, 1.807) is 0 Å². The van der Waals surface area contributed by atoms with Crippen molar-refractivity contribution in [1.29, 1.82) is 0 Å². The summed E-state index contributed by atoms with van der Waals surface area (Å²) in [7, 11) is 0. The fourth-order valence-corrected chi connectivity index (χ4v) is 3.21. The largest absolute Gasteiger partial charge is 0.392 e. The van der Waals surface area contributed by atoms with Gasteiger partial charge in [-0.2, -0.15) is 0 Å². The molecule has 2 unspecified atom stereocenters. The summed E-state index contributed by atoms with van der Waals surface area (Å²) in [5.74, 6) is 0. The van der Waals surface area contributed by atoms with Crippen molar-refractivity contribution < 1.29 is 5.11 Å². The minimum absolute atomic E-state index is 0.142. The third-order valence-electron chi connectivity index (χ3n) is 4.10. The van der Waals surface area contributed by atoms with Crippen LogP contribution in [0.5, 0.6) is 0 Å². The summed E-state index contributed by atoms with van der Waals surface area (Å²) in [6, 6.07) is 0. The Kier molecular flexibility index (Phi) is 16.2. The normalized spacial score (nSPS) is 14.4. The lowest BCUT2D eigenvalue weighted by Crippen LogP contribution is -2.20. The van der Waals surface area contributed by atoms with E-state index < -0.39 is 0 Å². The highest BCUT2D eigenvalue weighted by Crippen LogP contribution is 2.20. The zero-order chi connectivity index (χ0) is 15.1. The molecule has 0 fully saturated rings. The average molecular weight is 349 g/mol. The van der Waals surface area contributed by atoms with Crippen LogP contribution in [0.25, 0.3) is 0 Å². The Balaban J connectivity index is 3.35. The van der Waals surface area contributed by atoms with Crippen molar-refractivity contribution in [3.05, 3.63) is 0 Å². The summed E-state index contributed by atoms with van der Waals surface area (Å²) in [5, 5.41) is 10.1. The molecule has 0 rings (SSSR count). The van der Waals surface area contributed by atoms with Gasteiger partial charge in [0, 0.05) is 4.83 Å². The van der Waals surface area contributed by atoms with Crippen LogP contribution in [0.15, 0.2) is 0 Å². The van der Waals surface area contributed by atoms with Crippen molar-refractivity contribution >= 4 is 15.9 Å². The standard InChI is InChI=1S/C18H37BrO/c1-3-5-7-9-11-13-15-17(19)18(20)16-14-12-10-8-6-4-2/h17-18,20H,3-16H2,1-2H3. The van der Waals surface area contributed by atoms with Crippen molar-refractivity contribution in [1.82, 2.24) is 0 Å². The monoisotopic (exact) mass is 348 g/mol. The maximum atomic E-state index is 10.1. The Morgan fingerprint density at radius 3 is 1.55 bits per heavy atom. The maximum Gasteiger partial charge on any atom is 0.0665 e. The molecule has 0 aliphatic heterocycles. The van der Waals surface area contributed by atoms with Crippen LogP contribution in [0.3, 0.4) is 0 Å². The van der Waals surface area contributed by atoms with Crippen LogP contribution in [0.4, 0.5) is 0 Å². The molecule has 0 spiro atoms. The summed E-state index contributed by atoms with van der Waals surface area (Å²) in [6.45, 7) is 4.51. The van der Waals surface area contributed by atoms with Crippen molar-refractivity contribution in [3.8, 4) is 0 Å². The average Bonchev–Trinajstić information content (AvgIpc) is 2.45. The fourth-order valence-electron chi connectivity index (χ4n) is 2.63. The van der Waals surface area contributed by atoms with Crippen LogP contribution in [-0.2, 0) is 0 Å². The van der Waals surface area contributed by atoms with Gasteiger partial charge in [-0.3, -0.25) is 0 Å². The van der Waals surface area contributed by atoms with E-state index in [2.05, 4.69) is 29.8 Å². The van der Waals surface area contributed by atoms with Crippen LogP contribution in [0.2, 0.25) is 0 Å². The highest BCUT2D eigenvalue weighted by molar-refractivity contribution is 9.09. The third kappa shape index (κ3) is 13.4. The van der Waals surface area contributed by atoms with Crippen LogP contribution in [-0.4, -0.2) is 16.0 Å². The molecule has 0 radical (unpaired) electrons. The zero-order valence-corrected chi connectivity index (χ0v) is 15.5. The second kappa shape index (κ2) is 15.8. The molecule has 20 heavy (non-hydrogen) atoms. The molecule has 1 N–H and O–H groups in total. The summed E-state index contributed by atoms with van der Waals surface area (Å²) in [5.41, 5.74) is 0. The fraction of sp³-hybridized carbons (Fsp3) is 1.00. The molecule has 0 aromatic rings. The van der Waals surface area contributed by atoms with Crippen molar-refractivity contribution in [2.75, 3.05) is 0 Å². The number of halogens is 1. The van der Waals surface area contributed by atoms with Crippen molar-refractivity contribution in [2.24, 2.45) is 0 Å². The number of aliphatic hydroxyl groups excluding tert-OH is 1. The molecule has 2 atom stereocenters. The zero-order valence-electron chi connectivity index (χ0n) is 13.9. The van der Waals surface area contributed by atoms with E-state index in [9.17, 15) is 5.11 Å². The minimum Gasteiger partial charge on any atom is -0.392 e. The van der Waals surface area contributed by atoms with Gasteiger partial charge in [0.1, 0.15) is 0 Å². The Bertz CT molecular complexity index is 164. The quantitative estimate of drug-likeness (QED) is 0.260. The van der Waals surface area contributed by atoms with E-state index in [0.717, 1.165) is 12.8 Å². The number of aliphatic hydroxyl groups is 1. The molecular formula is C18H37BrO. The first kappa shape index (κ1) is 20.4. The third-order valence-corrected chi connectivity index (χ3v) is 5.17. The Morgan fingerprint density at radius 2 is 1.05 bits per heavy atom. The molecule has 0 saturated heterocycles. The van der Waals surface area contributed by atoms with Crippen LogP contribution >= 0.6 is 15.9 Å². The van der Waals surface area contributed by atoms with E-state index >= 15 is 0 Å². The number of unbranched alkanes of at least 4 members (excludes halogenated alkanes) is 10. The van der Waals surface area contributed by atoms with Gasteiger partial charge in [-0.1, -0.05) is 107 Å². The van der Waals surface area contributed by atoms with Crippen LogP contribution < -0.4 is 0 Å². The van der Waals surface area contributed by atoms with Gasteiger partial charge in [-0.25, -0.2) is 0 Å². The predicted molar refractivity (Wildman–Crippen MR) is 94.7 cm³/mol. The number of alkyl halides is 1. The van der Waals surface area contributed by atoms with Gasteiger partial charge in [0.2, 0.25) is 0 Å². The molecule has 122 valence electrons. The van der Waals surface area contributed by atoms with E-state index in [0.29, 0.717) is 4.83 Å². The summed E-state index contributed by atoms with van der Waals surface area (Å²) < 4.78 is 0. The van der Waals surface area contributed by atoms with E-state index in [4.69, 9.17) is 0 Å². The van der Waals surface area contributed by atoms with E-state index in [1.165, 1.54) is 77.0 Å². The number of hydrogen-bond donors (Lipinski definition) is 1. The first-order valence-corrected chi connectivity index (χ1v) is 9.96. The summed E-state index contributed by atoms with van der Waals surface area (Å²) in [4.78, 5) is 0.310. The summed E-state index contributed by atoms with van der Waals surface area (Å²) >= 11 is 3.67. The highest BCUT2D eigenvalue weighted by atomic mass is 79.9. The van der Waals surface area contributed by atoms with E-state index in [1.807, 2.05) is 0 Å². The van der Waals surface area contributed by atoms with Gasteiger partial charge in [-0.15, -0.1) is 0 Å². The van der Waals surface area contributed by atoms with Crippen LogP contribution in [0.1, 0.15) is 104 Å². The maximum absolute atomic E-state index is 10.1. The van der Waals surface area contributed by atoms with Crippen molar-refractivity contribution in [2.45, 2.75) is 115 Å². The lowest BCUT2D eigenvalue weighted by molar-refractivity contribution is 0.155. The summed E-state index contributed by atoms with van der Waals surface area (Å²) in [6.07, 6.45) is 17.8. The minimum atomic E-state index is -0.142. The molecule has 0 aromatic carbocycles. The SMILES string of the molecule is CCCCCCCCC(O)C(Br)CCCCCCCC. The molecule has 0 amide bonds. The lowest BCUT2D eigenvalue weighted by Gasteiger charge is -2.17. The van der Waals surface area contributed by atoms with Gasteiger partial charge in [0.05, 0.1) is 6.10 Å². The van der Waals surface area contributed by atoms with Gasteiger partial charge in [0.15, 0.2) is 0 Å². The van der Waals surface area contributed by atoms with Crippen molar-refractivity contribution in [3.63, 3.8) is 0 Å². The first-order chi connectivity index (χ1) is 9.72.